The van der Waals surface area contributed by atoms with E-state index in [-0.39, 0.29) is 24.8 Å². The van der Waals surface area contributed by atoms with Crippen molar-refractivity contribution in [3.05, 3.63) is 65.7 Å². The molecule has 0 unspecified atom stereocenters. The van der Waals surface area contributed by atoms with Gasteiger partial charge in [-0.15, -0.1) is 0 Å². The molecule has 8 heteroatoms. The minimum absolute atomic E-state index is 0.0429. The number of primary amides is 1. The summed E-state index contributed by atoms with van der Waals surface area (Å²) >= 11 is 0. The Morgan fingerprint density at radius 3 is 2.33 bits per heavy atom. The van der Waals surface area contributed by atoms with E-state index in [2.05, 4.69) is 16.0 Å². The maximum atomic E-state index is 11.8. The SMILES string of the molecule is NC(=O)c1ccccc1OCCCNCCNC(=O)CNC(=O)Cc1ccccc1. The third-order valence-electron chi connectivity index (χ3n) is 4.19. The predicted molar refractivity (Wildman–Crippen MR) is 114 cm³/mol. The van der Waals surface area contributed by atoms with Crippen molar-refractivity contribution in [2.75, 3.05) is 32.8 Å². The maximum absolute atomic E-state index is 11.8. The third-order valence-corrected chi connectivity index (χ3v) is 4.19. The van der Waals surface area contributed by atoms with Crippen LogP contribution >= 0.6 is 0 Å². The number of nitrogens with two attached hydrogens (primary N) is 1. The summed E-state index contributed by atoms with van der Waals surface area (Å²) in [7, 11) is 0. The Labute approximate surface area is 176 Å². The van der Waals surface area contributed by atoms with Crippen LogP contribution in [-0.4, -0.2) is 50.5 Å². The molecule has 0 spiro atoms. The van der Waals surface area contributed by atoms with Gasteiger partial charge in [-0.1, -0.05) is 42.5 Å². The van der Waals surface area contributed by atoms with Crippen LogP contribution in [0.2, 0.25) is 0 Å². The number of hydrogen-bond donors (Lipinski definition) is 4. The molecule has 2 rings (SSSR count). The molecule has 0 aliphatic carbocycles. The number of ether oxygens (including phenoxy) is 1. The highest BCUT2D eigenvalue weighted by atomic mass is 16.5. The summed E-state index contributed by atoms with van der Waals surface area (Å²) in [6.45, 7) is 2.15. The summed E-state index contributed by atoms with van der Waals surface area (Å²) in [4.78, 5) is 34.9. The molecule has 8 nitrogen and oxygen atoms in total. The van der Waals surface area contributed by atoms with Gasteiger partial charge in [0.25, 0.3) is 5.91 Å². The summed E-state index contributed by atoms with van der Waals surface area (Å²) in [5, 5.41) is 8.53. The van der Waals surface area contributed by atoms with Gasteiger partial charge < -0.3 is 26.4 Å². The molecule has 2 aromatic carbocycles. The van der Waals surface area contributed by atoms with Crippen molar-refractivity contribution in [1.29, 1.82) is 0 Å². The molecule has 0 fully saturated rings. The van der Waals surface area contributed by atoms with Gasteiger partial charge in [0.05, 0.1) is 25.1 Å². The van der Waals surface area contributed by atoms with Gasteiger partial charge in [0.1, 0.15) is 5.75 Å². The normalized spacial score (nSPS) is 10.3. The highest BCUT2D eigenvalue weighted by Crippen LogP contribution is 2.17. The second-order valence-electron chi connectivity index (χ2n) is 6.60. The standard InChI is InChI=1S/C22H28N4O4/c23-22(29)18-9-4-5-10-19(18)30-14-6-11-24-12-13-25-21(28)16-26-20(27)15-17-7-2-1-3-8-17/h1-5,7-10,24H,6,11-16H2,(H2,23,29)(H,25,28)(H,26,27). The third kappa shape index (κ3) is 8.74. The summed E-state index contributed by atoms with van der Waals surface area (Å²) in [6.07, 6.45) is 0.984. The number of benzene rings is 2. The van der Waals surface area contributed by atoms with E-state index < -0.39 is 5.91 Å². The molecule has 3 amide bonds. The van der Waals surface area contributed by atoms with Crippen LogP contribution in [0.15, 0.2) is 54.6 Å². The molecule has 160 valence electrons. The van der Waals surface area contributed by atoms with E-state index >= 15 is 0 Å². The molecule has 0 heterocycles. The van der Waals surface area contributed by atoms with Gasteiger partial charge in [-0.2, -0.15) is 0 Å². The first kappa shape index (κ1) is 22.9. The molecular weight excluding hydrogens is 384 g/mol. The number of rotatable bonds is 13. The lowest BCUT2D eigenvalue weighted by atomic mass is 10.1. The Balaban J connectivity index is 1.48. The Morgan fingerprint density at radius 1 is 0.833 bits per heavy atom. The number of carbonyl (C=O) groups is 3. The van der Waals surface area contributed by atoms with E-state index in [0.717, 1.165) is 12.0 Å². The van der Waals surface area contributed by atoms with Crippen LogP contribution in [0, 0.1) is 0 Å². The van der Waals surface area contributed by atoms with Gasteiger partial charge >= 0.3 is 0 Å². The first-order valence-corrected chi connectivity index (χ1v) is 9.86. The molecule has 5 N–H and O–H groups in total. The molecule has 0 bridgehead atoms. The van der Waals surface area contributed by atoms with Crippen molar-refractivity contribution in [2.45, 2.75) is 12.8 Å². The Bertz CT molecular complexity index is 827. The van der Waals surface area contributed by atoms with E-state index in [9.17, 15) is 14.4 Å². The molecule has 0 saturated heterocycles. The van der Waals surface area contributed by atoms with E-state index in [4.69, 9.17) is 10.5 Å². The number of amides is 3. The lowest BCUT2D eigenvalue weighted by Gasteiger charge is -2.10. The number of carbonyl (C=O) groups excluding carboxylic acids is 3. The van der Waals surface area contributed by atoms with Crippen molar-refractivity contribution in [3.63, 3.8) is 0 Å². The average Bonchev–Trinajstić information content (AvgIpc) is 2.75. The van der Waals surface area contributed by atoms with E-state index in [1.807, 2.05) is 30.3 Å². The van der Waals surface area contributed by atoms with Gasteiger partial charge in [-0.3, -0.25) is 14.4 Å². The van der Waals surface area contributed by atoms with Gasteiger partial charge in [0.15, 0.2) is 0 Å². The summed E-state index contributed by atoms with van der Waals surface area (Å²) in [6, 6.07) is 16.2. The van der Waals surface area contributed by atoms with Crippen molar-refractivity contribution >= 4 is 17.7 Å². The molecule has 0 aliphatic rings. The fraction of sp³-hybridized carbons (Fsp3) is 0.318. The number of para-hydroxylation sites is 1. The van der Waals surface area contributed by atoms with Gasteiger partial charge in [-0.25, -0.2) is 0 Å². The zero-order chi connectivity index (χ0) is 21.6. The van der Waals surface area contributed by atoms with Crippen LogP contribution in [0.3, 0.4) is 0 Å². The molecule has 0 atom stereocenters. The predicted octanol–water partition coefficient (Wildman–Crippen LogP) is 0.619. The van der Waals surface area contributed by atoms with Crippen LogP contribution < -0.4 is 26.4 Å². The van der Waals surface area contributed by atoms with Crippen LogP contribution in [0.25, 0.3) is 0 Å². The van der Waals surface area contributed by atoms with Crippen molar-refractivity contribution in [1.82, 2.24) is 16.0 Å². The minimum Gasteiger partial charge on any atom is -0.493 e. The van der Waals surface area contributed by atoms with Gasteiger partial charge in [-0.05, 0) is 30.7 Å². The molecule has 0 saturated carbocycles. The quantitative estimate of drug-likeness (QED) is 0.359. The summed E-state index contributed by atoms with van der Waals surface area (Å²) in [5.74, 6) is -0.459. The van der Waals surface area contributed by atoms with Crippen LogP contribution in [0.1, 0.15) is 22.3 Å². The second-order valence-corrected chi connectivity index (χ2v) is 6.60. The maximum Gasteiger partial charge on any atom is 0.252 e. The number of hydrogen-bond acceptors (Lipinski definition) is 5. The van der Waals surface area contributed by atoms with Crippen molar-refractivity contribution < 1.29 is 19.1 Å². The van der Waals surface area contributed by atoms with Crippen LogP contribution in [0.5, 0.6) is 5.75 Å². The second kappa shape index (κ2) is 12.9. The van der Waals surface area contributed by atoms with Gasteiger partial charge in [0.2, 0.25) is 11.8 Å². The fourth-order valence-electron chi connectivity index (χ4n) is 2.68. The molecular formula is C22H28N4O4. The lowest BCUT2D eigenvalue weighted by Crippen LogP contribution is -2.40. The Morgan fingerprint density at radius 2 is 1.57 bits per heavy atom. The molecule has 0 aliphatic heterocycles. The summed E-state index contributed by atoms with van der Waals surface area (Å²) in [5.41, 5.74) is 6.58. The molecule has 0 aromatic heterocycles. The fourth-order valence-corrected chi connectivity index (χ4v) is 2.68. The Hall–Kier alpha value is -3.39. The monoisotopic (exact) mass is 412 g/mol. The zero-order valence-corrected chi connectivity index (χ0v) is 16.9. The highest BCUT2D eigenvalue weighted by molar-refractivity contribution is 5.95. The molecule has 0 radical (unpaired) electrons. The molecule has 30 heavy (non-hydrogen) atoms. The first-order valence-electron chi connectivity index (χ1n) is 9.86. The number of nitrogens with one attached hydrogen (secondary N) is 3. The molecule has 2 aromatic rings. The zero-order valence-electron chi connectivity index (χ0n) is 16.9. The van der Waals surface area contributed by atoms with Crippen molar-refractivity contribution in [2.24, 2.45) is 5.73 Å². The van der Waals surface area contributed by atoms with Crippen molar-refractivity contribution in [3.8, 4) is 5.75 Å². The van der Waals surface area contributed by atoms with Crippen LogP contribution in [-0.2, 0) is 16.0 Å². The Kier molecular flexibility index (Phi) is 9.88. The van der Waals surface area contributed by atoms with E-state index in [1.54, 1.807) is 24.3 Å². The first-order chi connectivity index (χ1) is 14.6. The average molecular weight is 412 g/mol. The topological polar surface area (TPSA) is 123 Å². The lowest BCUT2D eigenvalue weighted by molar-refractivity contribution is -0.125. The highest BCUT2D eigenvalue weighted by Gasteiger charge is 2.08. The minimum atomic E-state index is -0.518. The van der Waals surface area contributed by atoms with Gasteiger partial charge in [0, 0.05) is 13.1 Å². The van der Waals surface area contributed by atoms with E-state index in [0.29, 0.717) is 37.6 Å². The van der Waals surface area contributed by atoms with Crippen LogP contribution in [0.4, 0.5) is 0 Å². The summed E-state index contributed by atoms with van der Waals surface area (Å²) < 4.78 is 5.59. The smallest absolute Gasteiger partial charge is 0.252 e. The van der Waals surface area contributed by atoms with E-state index in [1.165, 1.54) is 0 Å². The largest absolute Gasteiger partial charge is 0.493 e.